The molecular formula is C22H35N3O3. The quantitative estimate of drug-likeness (QED) is 0.750. The number of urea groups is 1. The van der Waals surface area contributed by atoms with Gasteiger partial charge in [-0.15, -0.1) is 0 Å². The molecule has 0 bridgehead atoms. The van der Waals surface area contributed by atoms with Crippen LogP contribution in [0.5, 0.6) is 5.75 Å². The predicted molar refractivity (Wildman–Crippen MR) is 112 cm³/mol. The topological polar surface area (TPSA) is 53.1 Å². The Bertz CT molecular complexity index is 689. The fourth-order valence-corrected chi connectivity index (χ4v) is 3.42. The first-order valence-electron chi connectivity index (χ1n) is 10.1. The first kappa shape index (κ1) is 22.2. The van der Waals surface area contributed by atoms with Crippen molar-refractivity contribution >= 4 is 11.8 Å². The summed E-state index contributed by atoms with van der Waals surface area (Å²) >= 11 is 0. The van der Waals surface area contributed by atoms with Gasteiger partial charge in [-0.2, -0.15) is 0 Å². The zero-order chi connectivity index (χ0) is 20.9. The Hall–Kier alpha value is -2.08. The van der Waals surface area contributed by atoms with Crippen molar-refractivity contribution in [2.24, 2.45) is 0 Å². The summed E-state index contributed by atoms with van der Waals surface area (Å²) in [4.78, 5) is 29.8. The third-order valence-electron chi connectivity index (χ3n) is 5.06. The maximum Gasteiger partial charge on any atom is 0.320 e. The van der Waals surface area contributed by atoms with Crippen molar-refractivity contribution in [2.45, 2.75) is 46.6 Å². The van der Waals surface area contributed by atoms with Crippen molar-refractivity contribution < 1.29 is 14.3 Å². The van der Waals surface area contributed by atoms with Crippen LogP contribution < -0.4 is 4.74 Å². The Morgan fingerprint density at radius 2 is 1.79 bits per heavy atom. The zero-order valence-corrected chi connectivity index (χ0v) is 18.2. The number of rotatable bonds is 6. The minimum atomic E-state index is 0.0184. The first-order valence-corrected chi connectivity index (χ1v) is 10.1. The Balaban J connectivity index is 2.02. The number of benzene rings is 1. The van der Waals surface area contributed by atoms with Gasteiger partial charge in [0.25, 0.3) is 0 Å². The average molecular weight is 390 g/mol. The van der Waals surface area contributed by atoms with E-state index in [1.807, 2.05) is 18.9 Å². The number of carbonyl (C=O) groups is 2. The predicted octanol–water partition coefficient (Wildman–Crippen LogP) is 3.14. The third kappa shape index (κ3) is 5.96. The second-order valence-corrected chi connectivity index (χ2v) is 8.61. The van der Waals surface area contributed by atoms with Gasteiger partial charge in [0.1, 0.15) is 11.5 Å². The van der Waals surface area contributed by atoms with E-state index in [9.17, 15) is 9.59 Å². The van der Waals surface area contributed by atoms with Crippen molar-refractivity contribution in [3.8, 4) is 5.75 Å². The zero-order valence-electron chi connectivity index (χ0n) is 18.2. The molecule has 0 unspecified atom stereocenters. The van der Waals surface area contributed by atoms with E-state index in [0.717, 1.165) is 24.4 Å². The molecule has 156 valence electrons. The molecule has 6 heteroatoms. The summed E-state index contributed by atoms with van der Waals surface area (Å²) in [5.41, 5.74) is 2.28. The van der Waals surface area contributed by atoms with Gasteiger partial charge in [-0.3, -0.25) is 9.69 Å². The van der Waals surface area contributed by atoms with Crippen LogP contribution in [0.1, 0.15) is 45.7 Å². The van der Waals surface area contributed by atoms with Gasteiger partial charge in [-0.25, -0.2) is 4.79 Å². The van der Waals surface area contributed by atoms with E-state index in [1.165, 1.54) is 5.56 Å². The molecule has 1 fully saturated rings. The van der Waals surface area contributed by atoms with Gasteiger partial charge in [-0.05, 0) is 30.9 Å². The van der Waals surface area contributed by atoms with E-state index < -0.39 is 0 Å². The SMILES string of the molecule is CCOc1cc(C(C)(C)C)ccc1CN(C)C(=O)N1CCN(CC(C)=O)CC1. The summed E-state index contributed by atoms with van der Waals surface area (Å²) in [5, 5.41) is 0. The number of Topliss-reactive ketones (excluding diaryl/α,β-unsaturated/α-hetero) is 1. The van der Waals surface area contributed by atoms with Gasteiger partial charge < -0.3 is 14.5 Å². The van der Waals surface area contributed by atoms with Gasteiger partial charge in [0, 0.05) is 38.8 Å². The second-order valence-electron chi connectivity index (χ2n) is 8.61. The van der Waals surface area contributed by atoms with Gasteiger partial charge >= 0.3 is 6.03 Å². The fraction of sp³-hybridized carbons (Fsp3) is 0.636. The summed E-state index contributed by atoms with van der Waals surface area (Å²) in [6.45, 7) is 14.5. The highest BCUT2D eigenvalue weighted by Gasteiger charge is 2.25. The lowest BCUT2D eigenvalue weighted by molar-refractivity contribution is -0.118. The Labute approximate surface area is 169 Å². The van der Waals surface area contributed by atoms with Crippen LogP contribution in [0.4, 0.5) is 4.79 Å². The lowest BCUT2D eigenvalue weighted by Crippen LogP contribution is -2.52. The lowest BCUT2D eigenvalue weighted by atomic mass is 9.86. The maximum absolute atomic E-state index is 12.9. The standard InChI is InChI=1S/C22H35N3O3/c1-7-28-20-14-19(22(3,4)5)9-8-18(20)16-23(6)21(27)25-12-10-24(11-13-25)15-17(2)26/h8-9,14H,7,10-13,15-16H2,1-6H3. The molecule has 1 saturated heterocycles. The molecule has 6 nitrogen and oxygen atoms in total. The molecule has 0 spiro atoms. The molecule has 0 aromatic heterocycles. The summed E-state index contributed by atoms with van der Waals surface area (Å²) < 4.78 is 5.86. The van der Waals surface area contributed by atoms with Crippen LogP contribution in [0, 0.1) is 0 Å². The van der Waals surface area contributed by atoms with Gasteiger partial charge in [0.2, 0.25) is 0 Å². The number of amides is 2. The van der Waals surface area contributed by atoms with E-state index in [2.05, 4.69) is 43.9 Å². The largest absolute Gasteiger partial charge is 0.494 e. The highest BCUT2D eigenvalue weighted by atomic mass is 16.5. The Morgan fingerprint density at radius 1 is 1.14 bits per heavy atom. The first-order chi connectivity index (χ1) is 13.1. The third-order valence-corrected chi connectivity index (χ3v) is 5.06. The number of nitrogens with zero attached hydrogens (tertiary/aromatic N) is 3. The minimum Gasteiger partial charge on any atom is -0.494 e. The molecule has 28 heavy (non-hydrogen) atoms. The number of hydrogen-bond donors (Lipinski definition) is 0. The number of ketones is 1. The van der Waals surface area contributed by atoms with Crippen molar-refractivity contribution in [3.05, 3.63) is 29.3 Å². The van der Waals surface area contributed by atoms with Crippen LogP contribution in [0.25, 0.3) is 0 Å². The lowest BCUT2D eigenvalue weighted by Gasteiger charge is -2.36. The molecule has 2 amide bonds. The molecule has 1 aromatic rings. The Morgan fingerprint density at radius 3 is 2.32 bits per heavy atom. The van der Waals surface area contributed by atoms with E-state index in [4.69, 9.17) is 4.74 Å². The second kappa shape index (κ2) is 9.41. The number of carbonyl (C=O) groups excluding carboxylic acids is 2. The summed E-state index contributed by atoms with van der Waals surface area (Å²) in [5.74, 6) is 1.01. The number of piperazine rings is 1. The van der Waals surface area contributed by atoms with Crippen LogP contribution in [-0.4, -0.2) is 72.9 Å². The van der Waals surface area contributed by atoms with Crippen LogP contribution in [0.15, 0.2) is 18.2 Å². The van der Waals surface area contributed by atoms with Crippen LogP contribution in [0.3, 0.4) is 0 Å². The molecule has 0 N–H and O–H groups in total. The van der Waals surface area contributed by atoms with Crippen molar-refractivity contribution in [1.29, 1.82) is 0 Å². The average Bonchev–Trinajstić information content (AvgIpc) is 2.62. The smallest absolute Gasteiger partial charge is 0.320 e. The summed E-state index contributed by atoms with van der Waals surface area (Å²) in [6, 6.07) is 6.30. The van der Waals surface area contributed by atoms with E-state index in [-0.39, 0.29) is 17.2 Å². The molecule has 1 aliphatic heterocycles. The molecular weight excluding hydrogens is 354 g/mol. The van der Waals surface area contributed by atoms with E-state index in [0.29, 0.717) is 32.8 Å². The minimum absolute atomic E-state index is 0.0184. The monoisotopic (exact) mass is 389 g/mol. The normalized spacial score (nSPS) is 15.4. The highest BCUT2D eigenvalue weighted by molar-refractivity contribution is 5.77. The maximum atomic E-state index is 12.9. The van der Waals surface area contributed by atoms with Crippen LogP contribution in [0.2, 0.25) is 0 Å². The van der Waals surface area contributed by atoms with Crippen molar-refractivity contribution in [3.63, 3.8) is 0 Å². The molecule has 0 atom stereocenters. The molecule has 2 rings (SSSR count). The van der Waals surface area contributed by atoms with E-state index in [1.54, 1.807) is 11.8 Å². The number of ether oxygens (including phenoxy) is 1. The van der Waals surface area contributed by atoms with Crippen molar-refractivity contribution in [1.82, 2.24) is 14.7 Å². The fourth-order valence-electron chi connectivity index (χ4n) is 3.42. The summed E-state index contributed by atoms with van der Waals surface area (Å²) in [6.07, 6.45) is 0. The van der Waals surface area contributed by atoms with Crippen LogP contribution in [-0.2, 0) is 16.8 Å². The van der Waals surface area contributed by atoms with E-state index >= 15 is 0 Å². The van der Waals surface area contributed by atoms with Gasteiger partial charge in [0.05, 0.1) is 19.7 Å². The van der Waals surface area contributed by atoms with Gasteiger partial charge in [-0.1, -0.05) is 32.9 Å². The van der Waals surface area contributed by atoms with Gasteiger partial charge in [0.15, 0.2) is 0 Å². The highest BCUT2D eigenvalue weighted by Crippen LogP contribution is 2.29. The molecule has 0 radical (unpaired) electrons. The molecule has 1 aromatic carbocycles. The summed E-state index contributed by atoms with van der Waals surface area (Å²) in [7, 11) is 1.83. The Kier molecular flexibility index (Phi) is 7.47. The number of hydrogen-bond acceptors (Lipinski definition) is 4. The molecule has 1 heterocycles. The molecule has 1 aliphatic rings. The molecule has 0 saturated carbocycles. The van der Waals surface area contributed by atoms with Crippen molar-refractivity contribution in [2.75, 3.05) is 46.4 Å². The molecule has 0 aliphatic carbocycles. The van der Waals surface area contributed by atoms with Crippen LogP contribution >= 0.6 is 0 Å².